The van der Waals surface area contributed by atoms with Crippen LogP contribution in [0.4, 0.5) is 16.0 Å². The van der Waals surface area contributed by atoms with Gasteiger partial charge in [0, 0.05) is 5.69 Å². The molecule has 0 aliphatic heterocycles. The normalized spacial score (nSPS) is 11.0. The van der Waals surface area contributed by atoms with Crippen LogP contribution in [0.1, 0.15) is 5.56 Å². The van der Waals surface area contributed by atoms with Crippen molar-refractivity contribution in [3.63, 3.8) is 0 Å². The SMILES string of the molecule is Fc1ccc(Nc2nc(Cl)c3ncn(Cc4ccccc4)c3n2)cc1. The van der Waals surface area contributed by atoms with Gasteiger partial charge in [-0.25, -0.2) is 9.37 Å². The van der Waals surface area contributed by atoms with Crippen LogP contribution in [0, 0.1) is 5.82 Å². The molecule has 0 unspecified atom stereocenters. The van der Waals surface area contributed by atoms with Crippen molar-refractivity contribution in [3.8, 4) is 0 Å². The minimum absolute atomic E-state index is 0.265. The predicted octanol–water partition coefficient (Wildman–Crippen LogP) is 4.41. The molecule has 0 saturated heterocycles. The third kappa shape index (κ3) is 3.29. The Balaban J connectivity index is 1.69. The molecule has 0 aliphatic carbocycles. The number of rotatable bonds is 4. The quantitative estimate of drug-likeness (QED) is 0.552. The van der Waals surface area contributed by atoms with Crippen LogP contribution in [0.3, 0.4) is 0 Å². The highest BCUT2D eigenvalue weighted by molar-refractivity contribution is 6.33. The number of halogens is 2. The lowest BCUT2D eigenvalue weighted by atomic mass is 10.2. The molecule has 0 saturated carbocycles. The number of nitrogens with zero attached hydrogens (tertiary/aromatic N) is 4. The summed E-state index contributed by atoms with van der Waals surface area (Å²) in [6, 6.07) is 16.0. The average molecular weight is 354 g/mol. The molecule has 0 bridgehead atoms. The second-order valence-corrected chi connectivity index (χ2v) is 5.86. The molecule has 4 rings (SSSR count). The van der Waals surface area contributed by atoms with E-state index in [-0.39, 0.29) is 11.0 Å². The van der Waals surface area contributed by atoms with E-state index in [0.717, 1.165) is 5.56 Å². The summed E-state index contributed by atoms with van der Waals surface area (Å²) in [7, 11) is 0. The molecule has 0 radical (unpaired) electrons. The molecule has 0 amide bonds. The van der Waals surface area contributed by atoms with E-state index in [1.807, 2.05) is 34.9 Å². The lowest BCUT2D eigenvalue weighted by molar-refractivity contribution is 0.628. The van der Waals surface area contributed by atoms with Crippen LogP contribution in [0.2, 0.25) is 5.15 Å². The largest absolute Gasteiger partial charge is 0.324 e. The summed E-state index contributed by atoms with van der Waals surface area (Å²) >= 11 is 6.24. The number of fused-ring (bicyclic) bond motifs is 1. The minimum Gasteiger partial charge on any atom is -0.324 e. The van der Waals surface area contributed by atoms with Crippen molar-refractivity contribution in [2.75, 3.05) is 5.32 Å². The number of hydrogen-bond acceptors (Lipinski definition) is 4. The van der Waals surface area contributed by atoms with Gasteiger partial charge in [0.05, 0.1) is 12.9 Å². The Bertz CT molecular complexity index is 1020. The molecule has 124 valence electrons. The van der Waals surface area contributed by atoms with E-state index in [4.69, 9.17) is 11.6 Å². The third-order valence-corrected chi connectivity index (χ3v) is 3.98. The molecule has 2 heterocycles. The summed E-state index contributed by atoms with van der Waals surface area (Å²) < 4.78 is 14.9. The first-order valence-electron chi connectivity index (χ1n) is 7.64. The number of aromatic nitrogens is 4. The van der Waals surface area contributed by atoms with Gasteiger partial charge in [-0.3, -0.25) is 0 Å². The zero-order valence-electron chi connectivity index (χ0n) is 13.0. The molecule has 1 N–H and O–H groups in total. The van der Waals surface area contributed by atoms with Crippen LogP contribution in [0.5, 0.6) is 0 Å². The van der Waals surface area contributed by atoms with Gasteiger partial charge in [-0.2, -0.15) is 9.97 Å². The second-order valence-electron chi connectivity index (χ2n) is 5.50. The Kier molecular flexibility index (Phi) is 4.03. The maximum atomic E-state index is 13.0. The van der Waals surface area contributed by atoms with Gasteiger partial charge in [-0.1, -0.05) is 41.9 Å². The maximum absolute atomic E-state index is 13.0. The van der Waals surface area contributed by atoms with E-state index in [1.54, 1.807) is 18.5 Å². The molecule has 0 atom stereocenters. The lowest BCUT2D eigenvalue weighted by Crippen LogP contribution is -2.03. The fourth-order valence-corrected chi connectivity index (χ4v) is 2.74. The van der Waals surface area contributed by atoms with Crippen LogP contribution in [0.15, 0.2) is 60.9 Å². The molecule has 2 aromatic carbocycles. The van der Waals surface area contributed by atoms with Gasteiger partial charge in [-0.15, -0.1) is 0 Å². The Morgan fingerprint density at radius 2 is 1.76 bits per heavy atom. The molecule has 0 spiro atoms. The number of hydrogen-bond donors (Lipinski definition) is 1. The van der Waals surface area contributed by atoms with Crippen molar-refractivity contribution in [2.45, 2.75) is 6.54 Å². The second kappa shape index (κ2) is 6.49. The summed E-state index contributed by atoms with van der Waals surface area (Å²) in [6.45, 7) is 0.626. The molecule has 0 fully saturated rings. The lowest BCUT2D eigenvalue weighted by Gasteiger charge is -2.07. The first-order valence-corrected chi connectivity index (χ1v) is 8.02. The fourth-order valence-electron chi connectivity index (χ4n) is 2.52. The van der Waals surface area contributed by atoms with Crippen LogP contribution < -0.4 is 5.32 Å². The summed E-state index contributed by atoms with van der Waals surface area (Å²) in [5.41, 5.74) is 2.98. The van der Waals surface area contributed by atoms with Crippen LogP contribution >= 0.6 is 11.6 Å². The van der Waals surface area contributed by atoms with Crippen molar-refractivity contribution in [3.05, 3.63) is 77.5 Å². The highest BCUT2D eigenvalue weighted by Gasteiger charge is 2.12. The summed E-state index contributed by atoms with van der Waals surface area (Å²) in [5.74, 6) is 0.0276. The highest BCUT2D eigenvalue weighted by Crippen LogP contribution is 2.23. The van der Waals surface area contributed by atoms with Gasteiger partial charge in [0.15, 0.2) is 10.8 Å². The fraction of sp³-hybridized carbons (Fsp3) is 0.0556. The predicted molar refractivity (Wildman–Crippen MR) is 95.6 cm³/mol. The third-order valence-electron chi connectivity index (χ3n) is 3.72. The molecule has 4 aromatic rings. The van der Waals surface area contributed by atoms with Crippen LogP contribution in [-0.2, 0) is 6.54 Å². The maximum Gasteiger partial charge on any atom is 0.230 e. The Labute approximate surface area is 148 Å². The van der Waals surface area contributed by atoms with Gasteiger partial charge in [-0.05, 0) is 29.8 Å². The monoisotopic (exact) mass is 353 g/mol. The molecule has 0 aliphatic rings. The summed E-state index contributed by atoms with van der Waals surface area (Å²) in [4.78, 5) is 13.0. The number of benzene rings is 2. The Morgan fingerprint density at radius 1 is 1.00 bits per heavy atom. The molecule has 2 aromatic heterocycles. The average Bonchev–Trinajstić information content (AvgIpc) is 3.01. The molecule has 7 heteroatoms. The number of nitrogens with one attached hydrogen (secondary N) is 1. The van der Waals surface area contributed by atoms with Crippen molar-refractivity contribution in [2.24, 2.45) is 0 Å². The number of anilines is 2. The van der Waals surface area contributed by atoms with E-state index in [2.05, 4.69) is 20.3 Å². The van der Waals surface area contributed by atoms with Gasteiger partial charge >= 0.3 is 0 Å². The van der Waals surface area contributed by atoms with Gasteiger partial charge in [0.25, 0.3) is 0 Å². The number of imidazole rings is 1. The van der Waals surface area contributed by atoms with Crippen molar-refractivity contribution in [1.82, 2.24) is 19.5 Å². The van der Waals surface area contributed by atoms with Crippen molar-refractivity contribution >= 4 is 34.4 Å². The standard InChI is InChI=1S/C18H13ClFN5/c19-16-15-17(25(11-21-15)10-12-4-2-1-3-5-12)24-18(23-16)22-14-8-6-13(20)7-9-14/h1-9,11H,10H2,(H,22,23,24). The summed E-state index contributed by atoms with van der Waals surface area (Å²) in [5, 5.41) is 3.30. The van der Waals surface area contributed by atoms with Crippen LogP contribution in [-0.4, -0.2) is 19.5 Å². The first-order chi connectivity index (χ1) is 12.2. The Morgan fingerprint density at radius 3 is 2.52 bits per heavy atom. The van der Waals surface area contributed by atoms with E-state index in [1.165, 1.54) is 12.1 Å². The van der Waals surface area contributed by atoms with Crippen molar-refractivity contribution in [1.29, 1.82) is 0 Å². The van der Waals surface area contributed by atoms with Crippen molar-refractivity contribution < 1.29 is 4.39 Å². The van der Waals surface area contributed by atoms with E-state index < -0.39 is 0 Å². The van der Waals surface area contributed by atoms with Crippen LogP contribution in [0.25, 0.3) is 11.2 Å². The molecular formula is C18H13ClFN5. The molecule has 5 nitrogen and oxygen atoms in total. The van der Waals surface area contributed by atoms with Gasteiger partial charge in [0.1, 0.15) is 11.3 Å². The zero-order chi connectivity index (χ0) is 17.2. The van der Waals surface area contributed by atoms with E-state index in [9.17, 15) is 4.39 Å². The summed E-state index contributed by atoms with van der Waals surface area (Å²) in [6.07, 6.45) is 1.69. The van der Waals surface area contributed by atoms with Gasteiger partial charge in [0.2, 0.25) is 5.95 Å². The zero-order valence-corrected chi connectivity index (χ0v) is 13.8. The topological polar surface area (TPSA) is 55.6 Å². The Hall–Kier alpha value is -2.99. The molecule has 25 heavy (non-hydrogen) atoms. The smallest absolute Gasteiger partial charge is 0.230 e. The van der Waals surface area contributed by atoms with E-state index in [0.29, 0.717) is 29.3 Å². The van der Waals surface area contributed by atoms with Gasteiger partial charge < -0.3 is 9.88 Å². The highest BCUT2D eigenvalue weighted by atomic mass is 35.5. The minimum atomic E-state index is -0.305. The van der Waals surface area contributed by atoms with E-state index >= 15 is 0 Å². The first kappa shape index (κ1) is 15.5. The molecular weight excluding hydrogens is 341 g/mol.